The molecule has 0 spiro atoms. The normalized spacial score (nSPS) is 10.5. The van der Waals surface area contributed by atoms with Crippen LogP contribution in [0.2, 0.25) is 0 Å². The molecule has 1 amide bonds. The number of benzene rings is 2. The topological polar surface area (TPSA) is 64.6 Å². The number of nitrogens with one attached hydrogen (secondary N) is 1. The number of esters is 1. The first kappa shape index (κ1) is 17.7. The van der Waals surface area contributed by atoms with Crippen molar-refractivity contribution in [2.45, 2.75) is 0 Å². The van der Waals surface area contributed by atoms with Gasteiger partial charge in [0, 0.05) is 10.5 Å². The molecule has 0 aromatic heterocycles. The number of methoxy groups -OCH3 is 2. The van der Waals surface area contributed by atoms with Gasteiger partial charge in [-0.15, -0.1) is 0 Å². The summed E-state index contributed by atoms with van der Waals surface area (Å²) in [6.45, 7) is 0. The SMILES string of the molecule is COC(=O)c1cc(Br)ccc1NC(=O)/C=C/c1ccc(OC)cc1. The van der Waals surface area contributed by atoms with E-state index in [0.29, 0.717) is 5.69 Å². The monoisotopic (exact) mass is 389 g/mol. The van der Waals surface area contributed by atoms with Gasteiger partial charge in [0.05, 0.1) is 25.5 Å². The summed E-state index contributed by atoms with van der Waals surface area (Å²) in [5.41, 5.74) is 1.52. The van der Waals surface area contributed by atoms with Gasteiger partial charge in [0.15, 0.2) is 0 Å². The van der Waals surface area contributed by atoms with E-state index < -0.39 is 5.97 Å². The number of rotatable bonds is 5. The minimum Gasteiger partial charge on any atom is -0.497 e. The molecule has 0 aliphatic rings. The van der Waals surface area contributed by atoms with Gasteiger partial charge < -0.3 is 14.8 Å². The molecule has 0 unspecified atom stereocenters. The van der Waals surface area contributed by atoms with E-state index in [4.69, 9.17) is 9.47 Å². The van der Waals surface area contributed by atoms with E-state index >= 15 is 0 Å². The summed E-state index contributed by atoms with van der Waals surface area (Å²) in [6.07, 6.45) is 3.07. The van der Waals surface area contributed by atoms with Crippen LogP contribution in [-0.2, 0) is 9.53 Å². The van der Waals surface area contributed by atoms with Gasteiger partial charge in [0.1, 0.15) is 5.75 Å². The molecule has 6 heteroatoms. The highest BCUT2D eigenvalue weighted by Crippen LogP contribution is 2.22. The van der Waals surface area contributed by atoms with E-state index in [-0.39, 0.29) is 11.5 Å². The molecule has 124 valence electrons. The van der Waals surface area contributed by atoms with Crippen molar-refractivity contribution in [2.24, 2.45) is 0 Å². The van der Waals surface area contributed by atoms with Crippen molar-refractivity contribution in [3.05, 3.63) is 64.1 Å². The lowest BCUT2D eigenvalue weighted by molar-refractivity contribution is -0.111. The molecule has 5 nitrogen and oxygen atoms in total. The van der Waals surface area contributed by atoms with Crippen molar-refractivity contribution in [1.29, 1.82) is 0 Å². The first-order valence-corrected chi connectivity index (χ1v) is 7.84. The highest BCUT2D eigenvalue weighted by Gasteiger charge is 2.13. The molecular formula is C18H16BrNO4. The van der Waals surface area contributed by atoms with Gasteiger partial charge in [0.2, 0.25) is 5.91 Å². The third-order valence-corrected chi connectivity index (χ3v) is 3.68. The van der Waals surface area contributed by atoms with Crippen LogP contribution in [0.5, 0.6) is 5.75 Å². The maximum Gasteiger partial charge on any atom is 0.340 e. The summed E-state index contributed by atoms with van der Waals surface area (Å²) in [7, 11) is 2.88. The molecule has 0 aliphatic heterocycles. The quantitative estimate of drug-likeness (QED) is 0.622. The second-order valence-electron chi connectivity index (χ2n) is 4.78. The summed E-state index contributed by atoms with van der Waals surface area (Å²) >= 11 is 3.29. The van der Waals surface area contributed by atoms with Crippen LogP contribution in [0.15, 0.2) is 53.0 Å². The predicted octanol–water partition coefficient (Wildman–Crippen LogP) is 3.90. The maximum absolute atomic E-state index is 12.1. The maximum atomic E-state index is 12.1. The van der Waals surface area contributed by atoms with E-state index in [1.165, 1.54) is 13.2 Å². The summed E-state index contributed by atoms with van der Waals surface area (Å²) in [5, 5.41) is 2.67. The molecule has 0 bridgehead atoms. The lowest BCUT2D eigenvalue weighted by atomic mass is 10.1. The molecular weight excluding hydrogens is 374 g/mol. The van der Waals surface area contributed by atoms with Gasteiger partial charge in [-0.1, -0.05) is 28.1 Å². The van der Waals surface area contributed by atoms with E-state index in [2.05, 4.69) is 21.2 Å². The molecule has 0 heterocycles. The van der Waals surface area contributed by atoms with E-state index in [1.807, 2.05) is 24.3 Å². The van der Waals surface area contributed by atoms with E-state index in [1.54, 1.807) is 31.4 Å². The number of ether oxygens (including phenoxy) is 2. The Morgan fingerprint density at radius 2 is 1.79 bits per heavy atom. The third kappa shape index (κ3) is 4.70. The van der Waals surface area contributed by atoms with Crippen LogP contribution in [0.4, 0.5) is 5.69 Å². The van der Waals surface area contributed by atoms with Gasteiger partial charge in [-0.2, -0.15) is 0 Å². The number of anilines is 1. The Bertz CT molecular complexity index is 769. The fraction of sp³-hybridized carbons (Fsp3) is 0.111. The molecule has 24 heavy (non-hydrogen) atoms. The Balaban J connectivity index is 2.11. The minimum atomic E-state index is -0.522. The number of hydrogen-bond donors (Lipinski definition) is 1. The van der Waals surface area contributed by atoms with Crippen LogP contribution in [0.1, 0.15) is 15.9 Å². The molecule has 0 radical (unpaired) electrons. The van der Waals surface area contributed by atoms with Crippen LogP contribution in [0.3, 0.4) is 0 Å². The summed E-state index contributed by atoms with van der Waals surface area (Å²) in [6, 6.07) is 12.2. The van der Waals surface area contributed by atoms with Crippen LogP contribution in [0.25, 0.3) is 6.08 Å². The Morgan fingerprint density at radius 1 is 1.08 bits per heavy atom. The van der Waals surface area contributed by atoms with E-state index in [9.17, 15) is 9.59 Å². The highest BCUT2D eigenvalue weighted by atomic mass is 79.9. The molecule has 1 N–H and O–H groups in total. The number of hydrogen-bond acceptors (Lipinski definition) is 4. The van der Waals surface area contributed by atoms with Crippen molar-refractivity contribution in [1.82, 2.24) is 0 Å². The van der Waals surface area contributed by atoms with Crippen molar-refractivity contribution in [3.8, 4) is 5.75 Å². The Morgan fingerprint density at radius 3 is 2.42 bits per heavy atom. The van der Waals surface area contributed by atoms with Crippen LogP contribution in [-0.4, -0.2) is 26.1 Å². The van der Waals surface area contributed by atoms with Crippen molar-refractivity contribution in [3.63, 3.8) is 0 Å². The molecule has 0 saturated heterocycles. The van der Waals surface area contributed by atoms with E-state index in [0.717, 1.165) is 15.8 Å². The number of carbonyl (C=O) groups is 2. The van der Waals surface area contributed by atoms with Gasteiger partial charge in [0.25, 0.3) is 0 Å². The zero-order valence-corrected chi connectivity index (χ0v) is 14.8. The van der Waals surface area contributed by atoms with Crippen LogP contribution in [0, 0.1) is 0 Å². The highest BCUT2D eigenvalue weighted by molar-refractivity contribution is 9.10. The first-order valence-electron chi connectivity index (χ1n) is 7.04. The van der Waals surface area contributed by atoms with Gasteiger partial charge >= 0.3 is 5.97 Å². The molecule has 0 atom stereocenters. The lowest BCUT2D eigenvalue weighted by Crippen LogP contribution is -2.13. The molecule has 0 fully saturated rings. The average molecular weight is 390 g/mol. The third-order valence-electron chi connectivity index (χ3n) is 3.19. The fourth-order valence-electron chi connectivity index (χ4n) is 1.97. The van der Waals surface area contributed by atoms with Gasteiger partial charge in [-0.05, 0) is 42.0 Å². The Hall–Kier alpha value is -2.60. The molecule has 2 aromatic carbocycles. The summed E-state index contributed by atoms with van der Waals surface area (Å²) in [5.74, 6) is -0.127. The Labute approximate surface area is 148 Å². The number of carbonyl (C=O) groups excluding carboxylic acids is 2. The minimum absolute atomic E-state index is 0.276. The summed E-state index contributed by atoms with van der Waals surface area (Å²) in [4.78, 5) is 23.9. The molecule has 0 saturated carbocycles. The zero-order valence-electron chi connectivity index (χ0n) is 13.2. The van der Waals surface area contributed by atoms with Gasteiger partial charge in [-0.25, -0.2) is 4.79 Å². The molecule has 0 aliphatic carbocycles. The predicted molar refractivity (Wildman–Crippen MR) is 96.1 cm³/mol. The van der Waals surface area contributed by atoms with Crippen molar-refractivity contribution < 1.29 is 19.1 Å². The van der Waals surface area contributed by atoms with Crippen LogP contribution >= 0.6 is 15.9 Å². The molecule has 2 rings (SSSR count). The van der Waals surface area contributed by atoms with Gasteiger partial charge in [-0.3, -0.25) is 4.79 Å². The fourth-order valence-corrected chi connectivity index (χ4v) is 2.33. The van der Waals surface area contributed by atoms with Crippen molar-refractivity contribution in [2.75, 3.05) is 19.5 Å². The lowest BCUT2D eigenvalue weighted by Gasteiger charge is -2.08. The molecule has 2 aromatic rings. The average Bonchev–Trinajstić information content (AvgIpc) is 2.61. The summed E-state index contributed by atoms with van der Waals surface area (Å²) < 4.78 is 10.5. The first-order chi connectivity index (χ1) is 11.5. The van der Waals surface area contributed by atoms with Crippen LogP contribution < -0.4 is 10.1 Å². The second-order valence-corrected chi connectivity index (χ2v) is 5.69. The zero-order chi connectivity index (χ0) is 17.5. The number of halogens is 1. The standard InChI is InChI=1S/C18H16BrNO4/c1-23-14-7-3-12(4-8-14)5-10-17(21)20-16-9-6-13(19)11-15(16)18(22)24-2/h3-11H,1-2H3,(H,20,21)/b10-5+. The number of amides is 1. The largest absolute Gasteiger partial charge is 0.497 e. The smallest absolute Gasteiger partial charge is 0.340 e. The Kier molecular flexibility index (Phi) is 6.14. The van der Waals surface area contributed by atoms with Crippen molar-refractivity contribution >= 4 is 39.6 Å². The second kappa shape index (κ2) is 8.31.